The van der Waals surface area contributed by atoms with Crippen molar-refractivity contribution in [2.45, 2.75) is 20.8 Å². The van der Waals surface area contributed by atoms with Crippen molar-refractivity contribution in [3.05, 3.63) is 102 Å². The molecule has 3 heteroatoms. The molecule has 0 spiro atoms. The second-order valence-corrected chi connectivity index (χ2v) is 7.98. The lowest BCUT2D eigenvalue weighted by Crippen LogP contribution is -1.94. The van der Waals surface area contributed by atoms with E-state index < -0.39 is 0 Å². The highest BCUT2D eigenvalue weighted by atomic mass is 14.8. The van der Waals surface area contributed by atoms with Gasteiger partial charge in [-0.2, -0.15) is 0 Å². The Morgan fingerprint density at radius 1 is 0.516 bits per heavy atom. The van der Waals surface area contributed by atoms with Crippen LogP contribution in [0, 0.1) is 20.8 Å². The molecule has 2 aliphatic carbocycles. The topological polar surface area (TPSA) is 38.7 Å². The Morgan fingerprint density at radius 3 is 1.90 bits per heavy atom. The van der Waals surface area contributed by atoms with Crippen LogP contribution in [0.4, 0.5) is 0 Å². The van der Waals surface area contributed by atoms with Crippen molar-refractivity contribution in [1.82, 2.24) is 15.0 Å². The molecule has 0 fully saturated rings. The SMILES string of the molecule is Cc1cc(C)c2ccc(-c3cc(-c4ccccn4)ncc3-c3ccccn3)c-2c(C)c1. The Hall–Kier alpha value is -3.85. The van der Waals surface area contributed by atoms with Gasteiger partial charge in [-0.1, -0.05) is 42.0 Å². The minimum Gasteiger partial charge on any atom is -0.256 e. The molecule has 0 saturated carbocycles. The molecule has 0 atom stereocenters. The number of hydrogen-bond donors (Lipinski definition) is 0. The summed E-state index contributed by atoms with van der Waals surface area (Å²) in [4.78, 5) is 13.9. The average Bonchev–Trinajstić information content (AvgIpc) is 3.21. The fraction of sp³-hybridized carbons (Fsp3) is 0.107. The van der Waals surface area contributed by atoms with Crippen LogP contribution in [0.1, 0.15) is 16.7 Å². The number of hydrogen-bond acceptors (Lipinski definition) is 3. The van der Waals surface area contributed by atoms with E-state index in [4.69, 9.17) is 4.98 Å². The zero-order chi connectivity index (χ0) is 21.4. The third kappa shape index (κ3) is 3.49. The van der Waals surface area contributed by atoms with Crippen molar-refractivity contribution in [3.8, 4) is 44.9 Å². The number of rotatable bonds is 3. The van der Waals surface area contributed by atoms with E-state index in [1.807, 2.05) is 48.8 Å². The quantitative estimate of drug-likeness (QED) is 0.330. The molecular formula is C28H23N3. The first-order chi connectivity index (χ1) is 15.1. The normalized spacial score (nSPS) is 11.1. The van der Waals surface area contributed by atoms with Crippen molar-refractivity contribution >= 4 is 0 Å². The van der Waals surface area contributed by atoms with Crippen LogP contribution in [0.3, 0.4) is 0 Å². The van der Waals surface area contributed by atoms with Gasteiger partial charge in [0, 0.05) is 24.2 Å². The molecule has 0 N–H and O–H groups in total. The van der Waals surface area contributed by atoms with E-state index in [0.717, 1.165) is 28.2 Å². The molecule has 3 aromatic rings. The van der Waals surface area contributed by atoms with Crippen molar-refractivity contribution in [2.24, 2.45) is 0 Å². The predicted molar refractivity (Wildman–Crippen MR) is 127 cm³/mol. The van der Waals surface area contributed by atoms with Crippen molar-refractivity contribution in [1.29, 1.82) is 0 Å². The van der Waals surface area contributed by atoms with Gasteiger partial charge in [-0.3, -0.25) is 15.0 Å². The fourth-order valence-corrected chi connectivity index (χ4v) is 4.39. The van der Waals surface area contributed by atoms with Crippen LogP contribution in [0.25, 0.3) is 44.9 Å². The van der Waals surface area contributed by atoms with Crippen LogP contribution in [0.2, 0.25) is 0 Å². The van der Waals surface area contributed by atoms with Crippen LogP contribution in [0.15, 0.2) is 85.3 Å². The molecule has 3 aromatic heterocycles. The van der Waals surface area contributed by atoms with Gasteiger partial charge in [0.15, 0.2) is 0 Å². The molecule has 0 amide bonds. The number of aromatic nitrogens is 3. The van der Waals surface area contributed by atoms with Gasteiger partial charge in [0.1, 0.15) is 0 Å². The van der Waals surface area contributed by atoms with E-state index in [1.54, 1.807) is 6.20 Å². The maximum absolute atomic E-state index is 4.74. The van der Waals surface area contributed by atoms with Gasteiger partial charge in [0.05, 0.1) is 17.1 Å². The van der Waals surface area contributed by atoms with Crippen molar-refractivity contribution in [2.75, 3.05) is 0 Å². The first-order valence-corrected chi connectivity index (χ1v) is 10.5. The smallest absolute Gasteiger partial charge is 0.0892 e. The Kier molecular flexibility index (Phi) is 4.79. The second-order valence-electron chi connectivity index (χ2n) is 7.98. The maximum atomic E-state index is 4.74. The standard InChI is InChI=1S/C28H23N3/c1-18-14-19(2)21-10-11-22(28(21)20(3)15-18)23-16-27(26-9-5-7-13-30-26)31-17-24(23)25-8-4-6-12-29-25/h4-17H,1-3H3. The van der Waals surface area contributed by atoms with E-state index in [9.17, 15) is 0 Å². The molecule has 150 valence electrons. The lowest BCUT2D eigenvalue weighted by Gasteiger charge is -2.13. The van der Waals surface area contributed by atoms with Crippen LogP contribution >= 0.6 is 0 Å². The van der Waals surface area contributed by atoms with Crippen molar-refractivity contribution < 1.29 is 0 Å². The van der Waals surface area contributed by atoms with Crippen LogP contribution in [-0.4, -0.2) is 15.0 Å². The lowest BCUT2D eigenvalue weighted by molar-refractivity contribution is 1.24. The molecular weight excluding hydrogens is 378 g/mol. The summed E-state index contributed by atoms with van der Waals surface area (Å²) in [6, 6.07) is 23.0. The minimum absolute atomic E-state index is 0.857. The molecule has 0 saturated heterocycles. The van der Waals surface area contributed by atoms with Gasteiger partial charge in [-0.05, 0) is 84.5 Å². The summed E-state index contributed by atoms with van der Waals surface area (Å²) in [6.45, 7) is 6.53. The van der Waals surface area contributed by atoms with E-state index in [-0.39, 0.29) is 0 Å². The lowest BCUT2D eigenvalue weighted by atomic mass is 9.93. The summed E-state index contributed by atoms with van der Waals surface area (Å²) in [5.74, 6) is 0. The summed E-state index contributed by atoms with van der Waals surface area (Å²) in [7, 11) is 0. The summed E-state index contributed by atoms with van der Waals surface area (Å²) in [6.07, 6.45) is 5.56. The largest absolute Gasteiger partial charge is 0.256 e. The summed E-state index contributed by atoms with van der Waals surface area (Å²) in [5, 5.41) is 0. The van der Waals surface area contributed by atoms with Crippen LogP contribution < -0.4 is 0 Å². The molecule has 0 aliphatic heterocycles. The van der Waals surface area contributed by atoms with Gasteiger partial charge < -0.3 is 0 Å². The first kappa shape index (κ1) is 19.1. The van der Waals surface area contributed by atoms with E-state index in [0.29, 0.717) is 0 Å². The average molecular weight is 402 g/mol. The molecule has 3 heterocycles. The minimum atomic E-state index is 0.857. The Balaban J connectivity index is 1.81. The molecule has 0 bridgehead atoms. The highest BCUT2D eigenvalue weighted by Crippen LogP contribution is 2.43. The van der Waals surface area contributed by atoms with Crippen molar-refractivity contribution in [3.63, 3.8) is 0 Å². The van der Waals surface area contributed by atoms with E-state index >= 15 is 0 Å². The predicted octanol–water partition coefficient (Wildman–Crippen LogP) is 6.90. The summed E-state index contributed by atoms with van der Waals surface area (Å²) in [5.41, 5.74) is 12.4. The van der Waals surface area contributed by atoms with Crippen LogP contribution in [0.5, 0.6) is 0 Å². The molecule has 2 aliphatic rings. The first-order valence-electron chi connectivity index (χ1n) is 10.5. The number of fused-ring (bicyclic) bond motifs is 1. The fourth-order valence-electron chi connectivity index (χ4n) is 4.39. The Morgan fingerprint density at radius 2 is 1.19 bits per heavy atom. The van der Waals surface area contributed by atoms with Gasteiger partial charge in [-0.25, -0.2) is 0 Å². The zero-order valence-corrected chi connectivity index (χ0v) is 17.9. The number of pyridine rings is 3. The zero-order valence-electron chi connectivity index (χ0n) is 17.9. The molecule has 0 unspecified atom stereocenters. The Bertz CT molecular complexity index is 1340. The highest BCUT2D eigenvalue weighted by molar-refractivity contribution is 5.95. The van der Waals surface area contributed by atoms with E-state index in [2.05, 4.69) is 61.1 Å². The van der Waals surface area contributed by atoms with Gasteiger partial charge in [-0.15, -0.1) is 0 Å². The molecule has 0 aromatic carbocycles. The van der Waals surface area contributed by atoms with Crippen LogP contribution in [-0.2, 0) is 0 Å². The second kappa shape index (κ2) is 7.77. The molecule has 31 heavy (non-hydrogen) atoms. The third-order valence-electron chi connectivity index (χ3n) is 5.73. The molecule has 5 rings (SSSR count). The monoisotopic (exact) mass is 401 g/mol. The maximum Gasteiger partial charge on any atom is 0.0892 e. The summed E-state index contributed by atoms with van der Waals surface area (Å²) < 4.78 is 0. The Labute approximate surface area is 182 Å². The van der Waals surface area contributed by atoms with Gasteiger partial charge >= 0.3 is 0 Å². The number of aryl methyl sites for hydroxylation is 3. The number of nitrogens with zero attached hydrogens (tertiary/aromatic N) is 3. The van der Waals surface area contributed by atoms with Gasteiger partial charge in [0.2, 0.25) is 0 Å². The molecule has 3 nitrogen and oxygen atoms in total. The highest BCUT2D eigenvalue weighted by Gasteiger charge is 2.20. The summed E-state index contributed by atoms with van der Waals surface area (Å²) >= 11 is 0. The third-order valence-corrected chi connectivity index (χ3v) is 5.73. The van der Waals surface area contributed by atoms with Gasteiger partial charge in [0.25, 0.3) is 0 Å². The molecule has 0 radical (unpaired) electrons. The van der Waals surface area contributed by atoms with E-state index in [1.165, 1.54) is 33.4 Å².